The molecule has 4 nitrogen and oxygen atoms in total. The average molecular weight is 300 g/mol. The van der Waals surface area contributed by atoms with Crippen molar-refractivity contribution in [1.82, 2.24) is 0 Å². The highest BCUT2D eigenvalue weighted by Gasteiger charge is 2.19. The highest BCUT2D eigenvalue weighted by atomic mass is 16.6. The Morgan fingerprint density at radius 2 is 1.41 bits per heavy atom. The predicted molar refractivity (Wildman–Crippen MR) is 84.9 cm³/mol. The van der Waals surface area contributed by atoms with Crippen LogP contribution >= 0.6 is 0 Å². The Morgan fingerprint density at radius 3 is 2.05 bits per heavy atom. The molecular weight excluding hydrogens is 280 g/mol. The lowest BCUT2D eigenvalue weighted by Gasteiger charge is -2.15. The summed E-state index contributed by atoms with van der Waals surface area (Å²) in [5.41, 5.74) is 0. The molecule has 0 aliphatic heterocycles. The fourth-order valence-corrected chi connectivity index (χ4v) is 1.85. The lowest BCUT2D eigenvalue weighted by atomic mass is 10.1. The van der Waals surface area contributed by atoms with Crippen molar-refractivity contribution in [3.05, 3.63) is 36.4 Å². The molecule has 0 unspecified atom stereocenters. The minimum Gasteiger partial charge on any atom is -0.422 e. The van der Waals surface area contributed by atoms with Crippen LogP contribution in [0.4, 0.5) is 0 Å². The highest BCUT2D eigenvalue weighted by Crippen LogP contribution is 2.36. The monoisotopic (exact) mass is 300 g/mol. The summed E-state index contributed by atoms with van der Waals surface area (Å²) in [7, 11) is 0. The highest BCUT2D eigenvalue weighted by molar-refractivity contribution is 5.94. The van der Waals surface area contributed by atoms with Gasteiger partial charge >= 0.3 is 11.9 Å². The van der Waals surface area contributed by atoms with Gasteiger partial charge in [-0.15, -0.1) is 0 Å². The van der Waals surface area contributed by atoms with Crippen molar-refractivity contribution in [3.63, 3.8) is 0 Å². The van der Waals surface area contributed by atoms with Crippen LogP contribution in [0.25, 0.3) is 10.8 Å². The van der Waals surface area contributed by atoms with Crippen LogP contribution in [0, 0.1) is 11.8 Å². The fourth-order valence-electron chi connectivity index (χ4n) is 1.85. The van der Waals surface area contributed by atoms with E-state index in [1.807, 2.05) is 30.3 Å². The molecular formula is C18H20O4. The lowest BCUT2D eigenvalue weighted by Crippen LogP contribution is -2.18. The summed E-state index contributed by atoms with van der Waals surface area (Å²) in [6.45, 7) is 7.02. The Bertz CT molecular complexity index is 701. The van der Waals surface area contributed by atoms with E-state index in [9.17, 15) is 9.59 Å². The number of hydrogen-bond donors (Lipinski definition) is 0. The number of rotatable bonds is 4. The maximum Gasteiger partial charge on any atom is 0.313 e. The molecule has 116 valence electrons. The molecule has 22 heavy (non-hydrogen) atoms. The zero-order valence-corrected chi connectivity index (χ0v) is 13.3. The van der Waals surface area contributed by atoms with Gasteiger partial charge in [-0.25, -0.2) is 0 Å². The maximum absolute atomic E-state index is 12.0. The molecule has 0 amide bonds. The Hall–Kier alpha value is -2.36. The van der Waals surface area contributed by atoms with Gasteiger partial charge in [0.1, 0.15) is 0 Å². The molecule has 2 aromatic carbocycles. The van der Waals surface area contributed by atoms with E-state index in [4.69, 9.17) is 9.47 Å². The third kappa shape index (κ3) is 3.45. The number of carbonyl (C=O) groups excluding carboxylic acids is 2. The third-order valence-electron chi connectivity index (χ3n) is 3.20. The van der Waals surface area contributed by atoms with E-state index < -0.39 is 0 Å². The summed E-state index contributed by atoms with van der Waals surface area (Å²) in [4.78, 5) is 23.8. The van der Waals surface area contributed by atoms with Gasteiger partial charge in [0.05, 0.1) is 11.8 Å². The number of ether oxygens (including phenoxy) is 2. The molecule has 0 radical (unpaired) electrons. The molecule has 2 rings (SSSR count). The Labute approximate surface area is 130 Å². The first-order valence-electron chi connectivity index (χ1n) is 7.35. The van der Waals surface area contributed by atoms with E-state index in [-0.39, 0.29) is 29.5 Å². The third-order valence-corrected chi connectivity index (χ3v) is 3.20. The smallest absolute Gasteiger partial charge is 0.313 e. The van der Waals surface area contributed by atoms with E-state index in [0.717, 1.165) is 10.8 Å². The zero-order chi connectivity index (χ0) is 16.3. The van der Waals surface area contributed by atoms with Gasteiger partial charge in [-0.1, -0.05) is 58.0 Å². The first-order valence-corrected chi connectivity index (χ1v) is 7.35. The predicted octanol–water partition coefficient (Wildman–Crippen LogP) is 3.96. The SMILES string of the molecule is CC(C)C(=O)Oc1ccc2ccccc2c1OC(=O)C(C)C. The van der Waals surface area contributed by atoms with Gasteiger partial charge < -0.3 is 9.47 Å². The number of fused-ring (bicyclic) bond motifs is 1. The second-order valence-electron chi connectivity index (χ2n) is 5.77. The molecule has 0 heterocycles. The van der Waals surface area contributed by atoms with Gasteiger partial charge in [0.15, 0.2) is 11.5 Å². The number of hydrogen-bond acceptors (Lipinski definition) is 4. The van der Waals surface area contributed by atoms with Gasteiger partial charge in [-0.3, -0.25) is 9.59 Å². The molecule has 0 aliphatic rings. The molecule has 0 N–H and O–H groups in total. The lowest BCUT2D eigenvalue weighted by molar-refractivity contribution is -0.140. The van der Waals surface area contributed by atoms with E-state index in [1.54, 1.807) is 33.8 Å². The Kier molecular flexibility index (Phi) is 4.81. The number of esters is 2. The molecule has 0 saturated heterocycles. The molecule has 0 atom stereocenters. The standard InChI is InChI=1S/C18H20O4/c1-11(2)17(19)21-15-10-9-13-7-5-6-8-14(13)16(15)22-18(20)12(3)4/h5-12H,1-4H3. The van der Waals surface area contributed by atoms with Gasteiger partial charge in [0.25, 0.3) is 0 Å². The molecule has 0 aliphatic carbocycles. The summed E-state index contributed by atoms with van der Waals surface area (Å²) >= 11 is 0. The molecule has 0 aromatic heterocycles. The summed E-state index contributed by atoms with van der Waals surface area (Å²) < 4.78 is 10.9. The summed E-state index contributed by atoms with van der Waals surface area (Å²) in [6, 6.07) is 11.0. The zero-order valence-electron chi connectivity index (χ0n) is 13.3. The molecule has 0 bridgehead atoms. The fraction of sp³-hybridized carbons (Fsp3) is 0.333. The summed E-state index contributed by atoms with van der Waals surface area (Å²) in [6.07, 6.45) is 0. The van der Waals surface area contributed by atoms with Crippen LogP contribution in [-0.2, 0) is 9.59 Å². The van der Waals surface area contributed by atoms with Crippen molar-refractivity contribution in [3.8, 4) is 11.5 Å². The normalized spacial score (nSPS) is 11.0. The molecule has 2 aromatic rings. The molecule has 0 fully saturated rings. The van der Waals surface area contributed by atoms with E-state index >= 15 is 0 Å². The molecule has 0 saturated carbocycles. The molecule has 0 spiro atoms. The van der Waals surface area contributed by atoms with Crippen molar-refractivity contribution >= 4 is 22.7 Å². The minimum absolute atomic E-state index is 0.264. The number of carbonyl (C=O) groups is 2. The van der Waals surface area contributed by atoms with Crippen LogP contribution in [0.5, 0.6) is 11.5 Å². The first-order chi connectivity index (χ1) is 10.4. The van der Waals surface area contributed by atoms with Crippen LogP contribution in [0.3, 0.4) is 0 Å². The van der Waals surface area contributed by atoms with Gasteiger partial charge in [-0.2, -0.15) is 0 Å². The van der Waals surface area contributed by atoms with Crippen molar-refractivity contribution in [2.45, 2.75) is 27.7 Å². The van der Waals surface area contributed by atoms with E-state index in [1.165, 1.54) is 0 Å². The second-order valence-corrected chi connectivity index (χ2v) is 5.77. The maximum atomic E-state index is 12.0. The number of benzene rings is 2. The van der Waals surface area contributed by atoms with Crippen LogP contribution in [0.1, 0.15) is 27.7 Å². The Balaban J connectivity index is 2.50. The van der Waals surface area contributed by atoms with Gasteiger partial charge in [0.2, 0.25) is 0 Å². The molecule has 4 heteroatoms. The van der Waals surface area contributed by atoms with Crippen LogP contribution < -0.4 is 9.47 Å². The topological polar surface area (TPSA) is 52.6 Å². The summed E-state index contributed by atoms with van der Waals surface area (Å²) in [5.74, 6) is -0.694. The average Bonchev–Trinajstić information content (AvgIpc) is 2.49. The van der Waals surface area contributed by atoms with Crippen molar-refractivity contribution in [2.24, 2.45) is 11.8 Å². The van der Waals surface area contributed by atoms with E-state index in [0.29, 0.717) is 5.75 Å². The van der Waals surface area contributed by atoms with Crippen LogP contribution in [0.2, 0.25) is 0 Å². The quantitative estimate of drug-likeness (QED) is 0.633. The second kappa shape index (κ2) is 6.60. The van der Waals surface area contributed by atoms with Crippen molar-refractivity contribution < 1.29 is 19.1 Å². The van der Waals surface area contributed by atoms with Gasteiger partial charge in [-0.05, 0) is 11.5 Å². The first kappa shape index (κ1) is 16.0. The van der Waals surface area contributed by atoms with Crippen LogP contribution in [0.15, 0.2) is 36.4 Å². The van der Waals surface area contributed by atoms with Gasteiger partial charge in [0, 0.05) is 5.39 Å². The summed E-state index contributed by atoms with van der Waals surface area (Å²) in [5, 5.41) is 1.66. The van der Waals surface area contributed by atoms with Crippen molar-refractivity contribution in [2.75, 3.05) is 0 Å². The van der Waals surface area contributed by atoms with E-state index in [2.05, 4.69) is 0 Å². The van der Waals surface area contributed by atoms with Crippen LogP contribution in [-0.4, -0.2) is 11.9 Å². The van der Waals surface area contributed by atoms with Crippen molar-refractivity contribution in [1.29, 1.82) is 0 Å². The largest absolute Gasteiger partial charge is 0.422 e. The Morgan fingerprint density at radius 1 is 0.818 bits per heavy atom. The minimum atomic E-state index is -0.364.